The standard InChI is InChI=1S/C11H18N2S/c1-5-6-7-12-8(2)11-9(3)13-10(4)14-11/h5-6,8,12H,7H2,1-4H3/b6-5+. The van der Waals surface area contributed by atoms with Crippen molar-refractivity contribution in [2.24, 2.45) is 0 Å². The summed E-state index contributed by atoms with van der Waals surface area (Å²) < 4.78 is 0. The van der Waals surface area contributed by atoms with Gasteiger partial charge in [0.1, 0.15) is 0 Å². The Morgan fingerprint density at radius 1 is 1.50 bits per heavy atom. The van der Waals surface area contributed by atoms with Gasteiger partial charge in [0.15, 0.2) is 0 Å². The van der Waals surface area contributed by atoms with Gasteiger partial charge in [0.25, 0.3) is 0 Å². The van der Waals surface area contributed by atoms with Crippen LogP contribution in [-0.4, -0.2) is 11.5 Å². The Bertz CT molecular complexity index is 315. The molecule has 14 heavy (non-hydrogen) atoms. The van der Waals surface area contributed by atoms with E-state index in [0.717, 1.165) is 17.2 Å². The molecule has 0 amide bonds. The maximum atomic E-state index is 4.42. The van der Waals surface area contributed by atoms with Gasteiger partial charge in [-0.25, -0.2) is 4.98 Å². The van der Waals surface area contributed by atoms with Crippen LogP contribution in [0.2, 0.25) is 0 Å². The number of hydrogen-bond donors (Lipinski definition) is 1. The molecule has 1 N–H and O–H groups in total. The second kappa shape index (κ2) is 5.27. The first-order chi connectivity index (χ1) is 6.65. The first-order valence-corrected chi connectivity index (χ1v) is 5.75. The Kier molecular flexibility index (Phi) is 4.29. The van der Waals surface area contributed by atoms with Crippen molar-refractivity contribution in [3.8, 4) is 0 Å². The summed E-state index contributed by atoms with van der Waals surface area (Å²) in [5.41, 5.74) is 1.16. The molecule has 0 saturated heterocycles. The lowest BCUT2D eigenvalue weighted by Crippen LogP contribution is -2.18. The fourth-order valence-electron chi connectivity index (χ4n) is 1.40. The molecule has 78 valence electrons. The van der Waals surface area contributed by atoms with Crippen molar-refractivity contribution >= 4 is 11.3 Å². The molecule has 1 rings (SSSR count). The van der Waals surface area contributed by atoms with Crippen LogP contribution in [0.5, 0.6) is 0 Å². The van der Waals surface area contributed by atoms with Gasteiger partial charge in [-0.1, -0.05) is 12.2 Å². The van der Waals surface area contributed by atoms with Crippen molar-refractivity contribution in [1.82, 2.24) is 10.3 Å². The smallest absolute Gasteiger partial charge is 0.0900 e. The van der Waals surface area contributed by atoms with E-state index in [4.69, 9.17) is 0 Å². The summed E-state index contributed by atoms with van der Waals surface area (Å²) in [4.78, 5) is 5.77. The zero-order chi connectivity index (χ0) is 10.6. The molecule has 0 aliphatic carbocycles. The monoisotopic (exact) mass is 210 g/mol. The molecule has 1 unspecified atom stereocenters. The van der Waals surface area contributed by atoms with E-state index in [-0.39, 0.29) is 0 Å². The number of hydrogen-bond acceptors (Lipinski definition) is 3. The van der Waals surface area contributed by atoms with E-state index in [0.29, 0.717) is 6.04 Å². The Labute approximate surface area is 90.1 Å². The Hall–Kier alpha value is -0.670. The van der Waals surface area contributed by atoms with E-state index in [2.05, 4.69) is 43.2 Å². The minimum absolute atomic E-state index is 0.400. The van der Waals surface area contributed by atoms with E-state index < -0.39 is 0 Å². The number of rotatable bonds is 4. The molecule has 3 heteroatoms. The fourth-order valence-corrected chi connectivity index (χ4v) is 2.36. The predicted octanol–water partition coefficient (Wildman–Crippen LogP) is 2.99. The van der Waals surface area contributed by atoms with Gasteiger partial charge in [-0.05, 0) is 27.7 Å². The lowest BCUT2D eigenvalue weighted by molar-refractivity contribution is 0.622. The Balaban J connectivity index is 2.59. The van der Waals surface area contributed by atoms with Crippen LogP contribution in [-0.2, 0) is 0 Å². The topological polar surface area (TPSA) is 24.9 Å². The van der Waals surface area contributed by atoms with Gasteiger partial charge in [-0.15, -0.1) is 11.3 Å². The van der Waals surface area contributed by atoms with E-state index in [1.165, 1.54) is 4.88 Å². The van der Waals surface area contributed by atoms with Crippen molar-refractivity contribution in [3.05, 3.63) is 27.7 Å². The molecule has 0 aromatic carbocycles. The summed E-state index contributed by atoms with van der Waals surface area (Å²) in [7, 11) is 0. The second-order valence-corrected chi connectivity index (χ2v) is 4.62. The van der Waals surface area contributed by atoms with Gasteiger partial charge < -0.3 is 5.32 Å². The van der Waals surface area contributed by atoms with Crippen LogP contribution >= 0.6 is 11.3 Å². The Morgan fingerprint density at radius 3 is 2.71 bits per heavy atom. The van der Waals surface area contributed by atoms with Crippen molar-refractivity contribution < 1.29 is 0 Å². The highest BCUT2D eigenvalue weighted by Gasteiger charge is 2.11. The van der Waals surface area contributed by atoms with E-state index >= 15 is 0 Å². The summed E-state index contributed by atoms with van der Waals surface area (Å²) in [5.74, 6) is 0. The maximum absolute atomic E-state index is 4.42. The summed E-state index contributed by atoms with van der Waals surface area (Å²) in [6, 6.07) is 0.400. The van der Waals surface area contributed by atoms with E-state index in [1.54, 1.807) is 11.3 Å². The molecule has 0 spiro atoms. The molecule has 1 aromatic rings. The van der Waals surface area contributed by atoms with Crippen LogP contribution in [0, 0.1) is 13.8 Å². The summed E-state index contributed by atoms with van der Waals surface area (Å²) >= 11 is 1.78. The van der Waals surface area contributed by atoms with Crippen molar-refractivity contribution in [3.63, 3.8) is 0 Å². The van der Waals surface area contributed by atoms with Gasteiger partial charge in [0.2, 0.25) is 0 Å². The SMILES string of the molecule is C/C=C/CNC(C)c1sc(C)nc1C. The number of aryl methyl sites for hydroxylation is 2. The number of nitrogens with one attached hydrogen (secondary N) is 1. The van der Waals surface area contributed by atoms with E-state index in [1.807, 2.05) is 6.92 Å². The third-order valence-electron chi connectivity index (χ3n) is 2.11. The number of nitrogens with zero attached hydrogens (tertiary/aromatic N) is 1. The van der Waals surface area contributed by atoms with Gasteiger partial charge in [0.05, 0.1) is 10.7 Å². The molecule has 0 aliphatic rings. The first-order valence-electron chi connectivity index (χ1n) is 4.93. The van der Waals surface area contributed by atoms with Crippen molar-refractivity contribution in [1.29, 1.82) is 0 Å². The highest BCUT2D eigenvalue weighted by Crippen LogP contribution is 2.23. The zero-order valence-corrected chi connectivity index (χ0v) is 10.1. The van der Waals surface area contributed by atoms with Crippen molar-refractivity contribution in [2.75, 3.05) is 6.54 Å². The number of aromatic nitrogens is 1. The highest BCUT2D eigenvalue weighted by molar-refractivity contribution is 7.11. The molecular formula is C11H18N2S. The molecule has 0 fully saturated rings. The zero-order valence-electron chi connectivity index (χ0n) is 9.29. The summed E-state index contributed by atoms with van der Waals surface area (Å²) in [6.45, 7) is 9.28. The van der Waals surface area contributed by atoms with Gasteiger partial charge in [-0.2, -0.15) is 0 Å². The lowest BCUT2D eigenvalue weighted by atomic mass is 10.2. The molecule has 1 atom stereocenters. The molecular weight excluding hydrogens is 192 g/mol. The minimum atomic E-state index is 0.400. The van der Waals surface area contributed by atoms with Crippen LogP contribution in [0.4, 0.5) is 0 Å². The molecule has 0 radical (unpaired) electrons. The molecule has 1 aromatic heterocycles. The average molecular weight is 210 g/mol. The van der Waals surface area contributed by atoms with Crippen LogP contribution in [0.25, 0.3) is 0 Å². The maximum Gasteiger partial charge on any atom is 0.0900 e. The van der Waals surface area contributed by atoms with Crippen LogP contribution in [0.15, 0.2) is 12.2 Å². The second-order valence-electron chi connectivity index (χ2n) is 3.38. The predicted molar refractivity (Wildman–Crippen MR) is 62.8 cm³/mol. The molecule has 1 heterocycles. The summed E-state index contributed by atoms with van der Waals surface area (Å²) in [6.07, 6.45) is 4.18. The van der Waals surface area contributed by atoms with Gasteiger partial charge >= 0.3 is 0 Å². The molecule has 0 aliphatic heterocycles. The third kappa shape index (κ3) is 2.93. The number of allylic oxidation sites excluding steroid dienone is 1. The first kappa shape index (κ1) is 11.4. The van der Waals surface area contributed by atoms with Crippen LogP contribution < -0.4 is 5.32 Å². The van der Waals surface area contributed by atoms with Crippen LogP contribution in [0.3, 0.4) is 0 Å². The normalized spacial score (nSPS) is 13.7. The average Bonchev–Trinajstić information content (AvgIpc) is 2.45. The molecule has 2 nitrogen and oxygen atoms in total. The fraction of sp³-hybridized carbons (Fsp3) is 0.545. The third-order valence-corrected chi connectivity index (χ3v) is 3.37. The largest absolute Gasteiger partial charge is 0.306 e. The molecule has 0 saturated carbocycles. The van der Waals surface area contributed by atoms with E-state index in [9.17, 15) is 0 Å². The minimum Gasteiger partial charge on any atom is -0.306 e. The quantitative estimate of drug-likeness (QED) is 0.773. The number of thiazole rings is 1. The Morgan fingerprint density at radius 2 is 2.21 bits per heavy atom. The lowest BCUT2D eigenvalue weighted by Gasteiger charge is -2.10. The van der Waals surface area contributed by atoms with Crippen molar-refractivity contribution in [2.45, 2.75) is 33.7 Å². The van der Waals surface area contributed by atoms with Gasteiger partial charge in [0, 0.05) is 17.5 Å². The highest BCUT2D eigenvalue weighted by atomic mass is 32.1. The van der Waals surface area contributed by atoms with Gasteiger partial charge in [-0.3, -0.25) is 0 Å². The molecule has 0 bridgehead atoms. The summed E-state index contributed by atoms with van der Waals surface area (Å²) in [5, 5.41) is 4.59. The van der Waals surface area contributed by atoms with Crippen LogP contribution in [0.1, 0.15) is 35.5 Å².